The Morgan fingerprint density at radius 1 is 1.00 bits per heavy atom. The average Bonchev–Trinajstić information content (AvgIpc) is 2.67. The SMILES string of the molecule is O=C(Nc1ccccc1C(F)(F)F)c1cncc(NCc2ccccc2F)c1. The van der Waals surface area contributed by atoms with Crippen LogP contribution in [0.3, 0.4) is 0 Å². The van der Waals surface area contributed by atoms with E-state index >= 15 is 0 Å². The van der Waals surface area contributed by atoms with E-state index in [2.05, 4.69) is 15.6 Å². The van der Waals surface area contributed by atoms with Crippen molar-refractivity contribution in [2.24, 2.45) is 0 Å². The largest absolute Gasteiger partial charge is 0.418 e. The van der Waals surface area contributed by atoms with Gasteiger partial charge in [-0.3, -0.25) is 9.78 Å². The molecule has 3 rings (SSSR count). The Bertz CT molecular complexity index is 989. The number of carbonyl (C=O) groups excluding carboxylic acids is 1. The third kappa shape index (κ3) is 4.64. The van der Waals surface area contributed by atoms with E-state index in [0.29, 0.717) is 11.3 Å². The molecule has 0 bridgehead atoms. The molecule has 1 heterocycles. The van der Waals surface area contributed by atoms with E-state index in [1.807, 2.05) is 0 Å². The van der Waals surface area contributed by atoms with Crippen LogP contribution in [0.2, 0.25) is 0 Å². The number of rotatable bonds is 5. The summed E-state index contributed by atoms with van der Waals surface area (Å²) >= 11 is 0. The minimum absolute atomic E-state index is 0.0653. The zero-order chi connectivity index (χ0) is 20.1. The maximum absolute atomic E-state index is 13.7. The number of amides is 1. The molecular formula is C20H15F4N3O. The number of para-hydroxylation sites is 1. The van der Waals surface area contributed by atoms with Crippen LogP contribution in [0.25, 0.3) is 0 Å². The summed E-state index contributed by atoms with van der Waals surface area (Å²) in [5.74, 6) is -1.11. The molecule has 0 atom stereocenters. The second kappa shape index (κ2) is 8.08. The van der Waals surface area contributed by atoms with Crippen molar-refractivity contribution in [2.75, 3.05) is 10.6 Å². The van der Waals surface area contributed by atoms with Crippen LogP contribution in [0, 0.1) is 5.82 Å². The number of nitrogens with one attached hydrogen (secondary N) is 2. The zero-order valence-electron chi connectivity index (χ0n) is 14.4. The Hall–Kier alpha value is -3.42. The second-order valence-electron chi connectivity index (χ2n) is 5.90. The van der Waals surface area contributed by atoms with Gasteiger partial charge in [0.1, 0.15) is 5.82 Å². The van der Waals surface area contributed by atoms with Crippen molar-refractivity contribution >= 4 is 17.3 Å². The van der Waals surface area contributed by atoms with Crippen LogP contribution in [-0.2, 0) is 12.7 Å². The summed E-state index contributed by atoms with van der Waals surface area (Å²) in [5, 5.41) is 5.19. The first-order chi connectivity index (χ1) is 13.3. The molecule has 4 nitrogen and oxygen atoms in total. The molecule has 0 radical (unpaired) electrons. The van der Waals surface area contributed by atoms with Crippen LogP contribution in [-0.4, -0.2) is 10.9 Å². The normalized spacial score (nSPS) is 11.1. The fourth-order valence-electron chi connectivity index (χ4n) is 2.53. The second-order valence-corrected chi connectivity index (χ2v) is 5.90. The minimum Gasteiger partial charge on any atom is -0.380 e. The maximum Gasteiger partial charge on any atom is 0.418 e. The first-order valence-electron chi connectivity index (χ1n) is 8.24. The number of aromatic nitrogens is 1. The molecule has 8 heteroatoms. The molecule has 0 fully saturated rings. The first kappa shape index (κ1) is 19.3. The van der Waals surface area contributed by atoms with Crippen molar-refractivity contribution in [3.05, 3.63) is 89.5 Å². The molecule has 0 aliphatic carbocycles. The van der Waals surface area contributed by atoms with E-state index < -0.39 is 17.6 Å². The summed E-state index contributed by atoms with van der Waals surface area (Å²) in [6.07, 6.45) is -1.92. The summed E-state index contributed by atoms with van der Waals surface area (Å²) in [4.78, 5) is 16.3. The lowest BCUT2D eigenvalue weighted by molar-refractivity contribution is -0.136. The van der Waals surface area contributed by atoms with Gasteiger partial charge in [0.2, 0.25) is 0 Å². The summed E-state index contributed by atoms with van der Waals surface area (Å²) in [6, 6.07) is 12.3. The van der Waals surface area contributed by atoms with Gasteiger partial charge in [-0.25, -0.2) is 4.39 Å². The summed E-state index contributed by atoms with van der Waals surface area (Å²) in [6.45, 7) is 0.163. The number of hydrogen-bond acceptors (Lipinski definition) is 3. The first-order valence-corrected chi connectivity index (χ1v) is 8.24. The van der Waals surface area contributed by atoms with E-state index in [0.717, 1.165) is 6.07 Å². The number of hydrogen-bond donors (Lipinski definition) is 2. The summed E-state index contributed by atoms with van der Waals surface area (Å²) < 4.78 is 52.8. The molecule has 28 heavy (non-hydrogen) atoms. The van der Waals surface area contributed by atoms with Gasteiger partial charge in [-0.15, -0.1) is 0 Å². The molecule has 144 valence electrons. The van der Waals surface area contributed by atoms with Gasteiger partial charge < -0.3 is 10.6 Å². The quantitative estimate of drug-likeness (QED) is 0.597. The van der Waals surface area contributed by atoms with Crippen LogP contribution in [0.15, 0.2) is 67.0 Å². The van der Waals surface area contributed by atoms with E-state index in [-0.39, 0.29) is 23.6 Å². The highest BCUT2D eigenvalue weighted by Gasteiger charge is 2.33. The predicted molar refractivity (Wildman–Crippen MR) is 97.4 cm³/mol. The van der Waals surface area contributed by atoms with Gasteiger partial charge in [0, 0.05) is 24.5 Å². The molecule has 0 saturated carbocycles. The van der Waals surface area contributed by atoms with E-state index in [1.54, 1.807) is 18.2 Å². The van der Waals surface area contributed by atoms with Gasteiger partial charge in [-0.05, 0) is 24.3 Å². The van der Waals surface area contributed by atoms with Crippen molar-refractivity contribution < 1.29 is 22.4 Å². The molecule has 0 aliphatic rings. The molecule has 3 aromatic rings. The van der Waals surface area contributed by atoms with Crippen LogP contribution in [0.5, 0.6) is 0 Å². The van der Waals surface area contributed by atoms with Gasteiger partial charge in [-0.1, -0.05) is 30.3 Å². The predicted octanol–water partition coefficient (Wildman–Crippen LogP) is 5.10. The molecule has 1 aromatic heterocycles. The Morgan fingerprint density at radius 3 is 2.46 bits per heavy atom. The van der Waals surface area contributed by atoms with Gasteiger partial charge in [0.25, 0.3) is 5.91 Å². The van der Waals surface area contributed by atoms with Crippen molar-refractivity contribution in [2.45, 2.75) is 12.7 Å². The lowest BCUT2D eigenvalue weighted by Gasteiger charge is -2.14. The number of pyridine rings is 1. The van der Waals surface area contributed by atoms with Crippen molar-refractivity contribution in [1.29, 1.82) is 0 Å². The van der Waals surface area contributed by atoms with Gasteiger partial charge in [0.15, 0.2) is 0 Å². The molecule has 0 saturated heterocycles. The Balaban J connectivity index is 1.74. The fraction of sp³-hybridized carbons (Fsp3) is 0.100. The summed E-state index contributed by atoms with van der Waals surface area (Å²) in [5.41, 5.74) is -0.359. The lowest BCUT2D eigenvalue weighted by Crippen LogP contribution is -2.17. The van der Waals surface area contributed by atoms with Crippen molar-refractivity contribution in [3.8, 4) is 0 Å². The molecule has 2 N–H and O–H groups in total. The van der Waals surface area contributed by atoms with Crippen LogP contribution in [0.1, 0.15) is 21.5 Å². The van der Waals surface area contributed by atoms with E-state index in [9.17, 15) is 22.4 Å². The third-order valence-electron chi connectivity index (χ3n) is 3.92. The Labute approximate surface area is 158 Å². The zero-order valence-corrected chi connectivity index (χ0v) is 14.4. The fourth-order valence-corrected chi connectivity index (χ4v) is 2.53. The Kier molecular flexibility index (Phi) is 5.58. The number of halogens is 4. The number of anilines is 2. The van der Waals surface area contributed by atoms with E-state index in [1.165, 1.54) is 42.7 Å². The van der Waals surface area contributed by atoms with Gasteiger partial charge >= 0.3 is 6.18 Å². The van der Waals surface area contributed by atoms with Crippen LogP contribution >= 0.6 is 0 Å². The lowest BCUT2D eigenvalue weighted by atomic mass is 10.1. The van der Waals surface area contributed by atoms with Crippen molar-refractivity contribution in [1.82, 2.24) is 4.98 Å². The van der Waals surface area contributed by atoms with Gasteiger partial charge in [-0.2, -0.15) is 13.2 Å². The van der Waals surface area contributed by atoms with E-state index in [4.69, 9.17) is 0 Å². The number of benzene rings is 2. The number of nitrogens with zero attached hydrogens (tertiary/aromatic N) is 1. The smallest absolute Gasteiger partial charge is 0.380 e. The van der Waals surface area contributed by atoms with Crippen molar-refractivity contribution in [3.63, 3.8) is 0 Å². The average molecular weight is 389 g/mol. The Morgan fingerprint density at radius 2 is 1.71 bits per heavy atom. The minimum atomic E-state index is -4.59. The maximum atomic E-state index is 13.7. The molecular weight excluding hydrogens is 374 g/mol. The number of carbonyl (C=O) groups is 1. The molecule has 0 unspecified atom stereocenters. The highest BCUT2D eigenvalue weighted by Crippen LogP contribution is 2.34. The molecule has 0 spiro atoms. The molecule has 1 amide bonds. The highest BCUT2D eigenvalue weighted by atomic mass is 19.4. The summed E-state index contributed by atoms with van der Waals surface area (Å²) in [7, 11) is 0. The molecule has 0 aliphatic heterocycles. The topological polar surface area (TPSA) is 54.0 Å². The van der Waals surface area contributed by atoms with Crippen LogP contribution < -0.4 is 10.6 Å². The number of alkyl halides is 3. The third-order valence-corrected chi connectivity index (χ3v) is 3.92. The monoisotopic (exact) mass is 389 g/mol. The standard InChI is InChI=1S/C20H15F4N3O/c21-17-7-3-1-5-13(17)11-26-15-9-14(10-25-12-15)19(28)27-18-8-4-2-6-16(18)20(22,23)24/h1-10,12,26H,11H2,(H,27,28). The van der Waals surface area contributed by atoms with Gasteiger partial charge in [0.05, 0.1) is 22.5 Å². The van der Waals surface area contributed by atoms with Crippen LogP contribution in [0.4, 0.5) is 28.9 Å². The molecule has 2 aromatic carbocycles. The highest BCUT2D eigenvalue weighted by molar-refractivity contribution is 6.05.